The Hall–Kier alpha value is -2.51. The first-order valence-electron chi connectivity index (χ1n) is 8.37. The van der Waals surface area contributed by atoms with Crippen molar-refractivity contribution in [1.82, 2.24) is 4.90 Å². The standard InChI is InChI=1S/C21H15FINO4S/c1-3-8-28-19-16(23)9-13(10-17(19)27-2)11-18-20(25)24(21(26)29-18)12-14-6-4-5-7-15(14)22/h1,4-7,9-11H,8,12H2,2H3. The van der Waals surface area contributed by atoms with E-state index >= 15 is 0 Å². The van der Waals surface area contributed by atoms with Crippen molar-refractivity contribution in [2.45, 2.75) is 6.54 Å². The first-order chi connectivity index (χ1) is 13.9. The number of rotatable bonds is 6. The van der Waals surface area contributed by atoms with Crippen molar-refractivity contribution in [2.24, 2.45) is 0 Å². The van der Waals surface area contributed by atoms with Gasteiger partial charge in [-0.25, -0.2) is 4.39 Å². The van der Waals surface area contributed by atoms with Gasteiger partial charge < -0.3 is 9.47 Å². The number of halogens is 2. The summed E-state index contributed by atoms with van der Waals surface area (Å²) in [4.78, 5) is 26.3. The van der Waals surface area contributed by atoms with Crippen LogP contribution in [0.4, 0.5) is 9.18 Å². The number of imide groups is 1. The van der Waals surface area contributed by atoms with Crippen LogP contribution in [0.3, 0.4) is 0 Å². The van der Waals surface area contributed by atoms with E-state index in [1.807, 2.05) is 0 Å². The summed E-state index contributed by atoms with van der Waals surface area (Å²) in [5, 5.41) is -0.444. The molecule has 0 radical (unpaired) electrons. The van der Waals surface area contributed by atoms with Gasteiger partial charge in [-0.2, -0.15) is 0 Å². The van der Waals surface area contributed by atoms with Gasteiger partial charge in [-0.05, 0) is 64.2 Å². The number of hydrogen-bond acceptors (Lipinski definition) is 5. The smallest absolute Gasteiger partial charge is 0.293 e. The fraction of sp³-hybridized carbons (Fsp3) is 0.143. The van der Waals surface area contributed by atoms with E-state index in [4.69, 9.17) is 15.9 Å². The van der Waals surface area contributed by atoms with Gasteiger partial charge in [-0.3, -0.25) is 14.5 Å². The summed E-state index contributed by atoms with van der Waals surface area (Å²) in [5.41, 5.74) is 0.943. The van der Waals surface area contributed by atoms with Gasteiger partial charge >= 0.3 is 0 Å². The molecule has 3 rings (SSSR count). The van der Waals surface area contributed by atoms with Crippen molar-refractivity contribution >= 4 is 51.6 Å². The summed E-state index contributed by atoms with van der Waals surface area (Å²) in [5.74, 6) is 2.44. The van der Waals surface area contributed by atoms with E-state index in [0.717, 1.165) is 20.2 Å². The molecule has 2 aromatic carbocycles. The molecule has 0 atom stereocenters. The summed E-state index contributed by atoms with van der Waals surface area (Å²) >= 11 is 2.89. The van der Waals surface area contributed by atoms with Crippen molar-refractivity contribution in [2.75, 3.05) is 13.7 Å². The lowest BCUT2D eigenvalue weighted by atomic mass is 10.1. The van der Waals surface area contributed by atoms with Gasteiger partial charge in [0.05, 0.1) is 22.1 Å². The lowest BCUT2D eigenvalue weighted by Crippen LogP contribution is -2.27. The van der Waals surface area contributed by atoms with Crippen LogP contribution >= 0.6 is 34.4 Å². The van der Waals surface area contributed by atoms with Crippen LogP contribution in [-0.4, -0.2) is 29.8 Å². The molecule has 1 fully saturated rings. The highest BCUT2D eigenvalue weighted by Gasteiger charge is 2.35. The predicted molar refractivity (Wildman–Crippen MR) is 118 cm³/mol. The summed E-state index contributed by atoms with van der Waals surface area (Å²) in [6.07, 6.45) is 6.83. The molecular weight excluding hydrogens is 508 g/mol. The third kappa shape index (κ3) is 4.74. The van der Waals surface area contributed by atoms with Gasteiger partial charge in [-0.1, -0.05) is 24.1 Å². The quantitative estimate of drug-likeness (QED) is 0.313. The zero-order valence-electron chi connectivity index (χ0n) is 15.3. The first-order valence-corrected chi connectivity index (χ1v) is 10.3. The summed E-state index contributed by atoms with van der Waals surface area (Å²) in [7, 11) is 1.50. The van der Waals surface area contributed by atoms with Gasteiger partial charge in [-0.15, -0.1) is 6.42 Å². The number of hydrogen-bond donors (Lipinski definition) is 0. The molecule has 0 aromatic heterocycles. The second kappa shape index (κ2) is 9.33. The second-order valence-electron chi connectivity index (χ2n) is 5.89. The van der Waals surface area contributed by atoms with E-state index in [1.54, 1.807) is 36.4 Å². The zero-order chi connectivity index (χ0) is 21.0. The second-order valence-corrected chi connectivity index (χ2v) is 8.04. The van der Waals surface area contributed by atoms with Gasteiger partial charge in [0, 0.05) is 5.56 Å². The molecule has 2 aromatic rings. The maximum atomic E-state index is 13.9. The molecule has 0 N–H and O–H groups in total. The Balaban J connectivity index is 1.87. The molecule has 1 saturated heterocycles. The largest absolute Gasteiger partial charge is 0.493 e. The minimum atomic E-state index is -0.468. The number of carbonyl (C=O) groups excluding carboxylic acids is 2. The molecule has 0 spiro atoms. The van der Waals surface area contributed by atoms with E-state index < -0.39 is 17.0 Å². The van der Waals surface area contributed by atoms with Crippen molar-refractivity contribution in [3.8, 4) is 23.8 Å². The Morgan fingerprint density at radius 3 is 2.76 bits per heavy atom. The van der Waals surface area contributed by atoms with E-state index in [2.05, 4.69) is 28.5 Å². The number of methoxy groups -OCH3 is 1. The summed E-state index contributed by atoms with van der Waals surface area (Å²) in [6, 6.07) is 9.54. The number of ether oxygens (including phenoxy) is 2. The first kappa shape index (κ1) is 21.2. The third-order valence-corrected chi connectivity index (χ3v) is 5.72. The lowest BCUT2D eigenvalue weighted by molar-refractivity contribution is -0.123. The molecule has 0 aliphatic carbocycles. The van der Waals surface area contributed by atoms with E-state index in [1.165, 1.54) is 13.2 Å². The number of carbonyl (C=O) groups is 2. The minimum absolute atomic E-state index is 0.0979. The molecule has 1 heterocycles. The molecule has 2 amide bonds. The molecule has 0 bridgehead atoms. The maximum Gasteiger partial charge on any atom is 0.293 e. The van der Waals surface area contributed by atoms with Crippen molar-refractivity contribution in [3.63, 3.8) is 0 Å². The van der Waals surface area contributed by atoms with Gasteiger partial charge in [0.25, 0.3) is 11.1 Å². The van der Waals surface area contributed by atoms with Crippen LogP contribution in [0.5, 0.6) is 11.5 Å². The predicted octanol–water partition coefficient (Wildman–Crippen LogP) is 4.69. The topological polar surface area (TPSA) is 55.8 Å². The lowest BCUT2D eigenvalue weighted by Gasteiger charge is -2.13. The molecular formula is C21H15FINO4S. The fourth-order valence-corrected chi connectivity index (χ4v) is 4.28. The highest BCUT2D eigenvalue weighted by atomic mass is 127. The van der Waals surface area contributed by atoms with E-state index in [9.17, 15) is 14.0 Å². The Bertz CT molecular complexity index is 1050. The summed E-state index contributed by atoms with van der Waals surface area (Å²) in [6.45, 7) is -0.0188. The Kier molecular flexibility index (Phi) is 6.82. The van der Waals surface area contributed by atoms with Crippen LogP contribution in [0.1, 0.15) is 11.1 Å². The molecule has 148 valence electrons. The van der Waals surface area contributed by atoms with Crippen LogP contribution in [-0.2, 0) is 11.3 Å². The molecule has 29 heavy (non-hydrogen) atoms. The highest BCUT2D eigenvalue weighted by Crippen LogP contribution is 2.37. The SMILES string of the molecule is C#CCOc1c(I)cc(C=C2SC(=O)N(Cc3ccccc3F)C2=O)cc1OC. The number of benzene rings is 2. The van der Waals surface area contributed by atoms with E-state index in [0.29, 0.717) is 17.1 Å². The van der Waals surface area contributed by atoms with Crippen molar-refractivity contribution < 1.29 is 23.5 Å². The molecule has 5 nitrogen and oxygen atoms in total. The van der Waals surface area contributed by atoms with Gasteiger partial charge in [0.2, 0.25) is 0 Å². The maximum absolute atomic E-state index is 13.9. The van der Waals surface area contributed by atoms with Crippen molar-refractivity contribution in [1.29, 1.82) is 0 Å². The zero-order valence-corrected chi connectivity index (χ0v) is 18.3. The number of thioether (sulfide) groups is 1. The highest BCUT2D eigenvalue weighted by molar-refractivity contribution is 14.1. The van der Waals surface area contributed by atoms with E-state index in [-0.39, 0.29) is 23.6 Å². The van der Waals surface area contributed by atoms with Crippen LogP contribution in [0, 0.1) is 21.7 Å². The minimum Gasteiger partial charge on any atom is -0.493 e. The molecule has 1 aliphatic heterocycles. The third-order valence-electron chi connectivity index (χ3n) is 4.01. The van der Waals surface area contributed by atoms with Crippen LogP contribution < -0.4 is 9.47 Å². The number of terminal acetylenes is 1. The summed E-state index contributed by atoms with van der Waals surface area (Å²) < 4.78 is 25.5. The normalized spacial score (nSPS) is 15.0. The van der Waals surface area contributed by atoms with Crippen LogP contribution in [0.15, 0.2) is 41.3 Å². The van der Waals surface area contributed by atoms with Crippen molar-refractivity contribution in [3.05, 3.63) is 61.8 Å². The number of nitrogens with zero attached hydrogens (tertiary/aromatic N) is 1. The Labute approximate surface area is 185 Å². The van der Waals surface area contributed by atoms with Crippen LogP contribution in [0.2, 0.25) is 0 Å². The average Bonchev–Trinajstić information content (AvgIpc) is 2.95. The average molecular weight is 523 g/mol. The molecule has 0 saturated carbocycles. The molecule has 0 unspecified atom stereocenters. The number of amides is 2. The van der Waals surface area contributed by atoms with Crippen LogP contribution in [0.25, 0.3) is 6.08 Å². The monoisotopic (exact) mass is 523 g/mol. The molecule has 1 aliphatic rings. The Morgan fingerprint density at radius 2 is 2.07 bits per heavy atom. The van der Waals surface area contributed by atoms with Gasteiger partial charge in [0.1, 0.15) is 12.4 Å². The Morgan fingerprint density at radius 1 is 1.31 bits per heavy atom. The van der Waals surface area contributed by atoms with Gasteiger partial charge in [0.15, 0.2) is 11.5 Å². The molecule has 8 heteroatoms. The fourth-order valence-electron chi connectivity index (χ4n) is 2.66.